The highest BCUT2D eigenvalue weighted by atomic mass is 16.5. The van der Waals surface area contributed by atoms with Crippen LogP contribution in [-0.4, -0.2) is 59.6 Å². The summed E-state index contributed by atoms with van der Waals surface area (Å²) in [6, 6.07) is 12.9. The van der Waals surface area contributed by atoms with Crippen LogP contribution in [0.1, 0.15) is 31.4 Å². The molecule has 1 saturated heterocycles. The fourth-order valence-electron chi connectivity index (χ4n) is 4.72. The van der Waals surface area contributed by atoms with Crippen molar-refractivity contribution in [2.24, 2.45) is 0 Å². The molecule has 4 rings (SSSR count). The summed E-state index contributed by atoms with van der Waals surface area (Å²) in [7, 11) is 1.85. The van der Waals surface area contributed by atoms with Gasteiger partial charge in [0.25, 0.3) is 0 Å². The van der Waals surface area contributed by atoms with Crippen LogP contribution in [0, 0.1) is 0 Å². The Morgan fingerprint density at radius 2 is 2.12 bits per heavy atom. The molecule has 0 bridgehead atoms. The van der Waals surface area contributed by atoms with Crippen LogP contribution in [0.4, 0.5) is 0 Å². The largest absolute Gasteiger partial charge is 0.394 e. The molecule has 1 N–H and O–H groups in total. The van der Waals surface area contributed by atoms with Crippen molar-refractivity contribution < 1.29 is 14.6 Å². The van der Waals surface area contributed by atoms with E-state index in [9.17, 15) is 0 Å². The SMILES string of the molecule is CO[C@@]12CC[C@@H](OCCO)C[C@@H]1N(Cc1ccc3ccccc3n1)CC2. The molecule has 1 aliphatic carbocycles. The molecular formula is C21H28N2O3. The summed E-state index contributed by atoms with van der Waals surface area (Å²) in [6.07, 6.45) is 4.26. The van der Waals surface area contributed by atoms with Gasteiger partial charge in [0, 0.05) is 31.6 Å². The Labute approximate surface area is 154 Å². The molecule has 26 heavy (non-hydrogen) atoms. The summed E-state index contributed by atoms with van der Waals surface area (Å²) >= 11 is 0. The fourth-order valence-corrected chi connectivity index (χ4v) is 4.72. The number of hydrogen-bond acceptors (Lipinski definition) is 5. The first-order chi connectivity index (χ1) is 12.7. The second-order valence-electron chi connectivity index (χ2n) is 7.49. The lowest BCUT2D eigenvalue weighted by atomic mass is 9.79. The van der Waals surface area contributed by atoms with E-state index in [0.717, 1.165) is 50.0 Å². The summed E-state index contributed by atoms with van der Waals surface area (Å²) < 4.78 is 11.9. The van der Waals surface area contributed by atoms with Crippen LogP contribution in [0.5, 0.6) is 0 Å². The van der Waals surface area contributed by atoms with E-state index in [1.807, 2.05) is 19.2 Å². The molecule has 140 valence electrons. The third-order valence-electron chi connectivity index (χ3n) is 6.12. The van der Waals surface area contributed by atoms with Crippen LogP contribution in [0.25, 0.3) is 10.9 Å². The van der Waals surface area contributed by atoms with Gasteiger partial charge in [-0.15, -0.1) is 0 Å². The number of para-hydroxylation sites is 1. The van der Waals surface area contributed by atoms with Gasteiger partial charge in [-0.1, -0.05) is 24.3 Å². The minimum absolute atomic E-state index is 0.0596. The van der Waals surface area contributed by atoms with Gasteiger partial charge in [-0.2, -0.15) is 0 Å². The van der Waals surface area contributed by atoms with Crippen molar-refractivity contribution in [2.45, 2.75) is 50.0 Å². The van der Waals surface area contributed by atoms with Gasteiger partial charge in [0.1, 0.15) is 0 Å². The molecule has 2 fully saturated rings. The van der Waals surface area contributed by atoms with Crippen LogP contribution in [-0.2, 0) is 16.0 Å². The Morgan fingerprint density at radius 1 is 1.23 bits per heavy atom. The van der Waals surface area contributed by atoms with Gasteiger partial charge in [0.05, 0.1) is 36.1 Å². The Bertz CT molecular complexity index is 753. The second-order valence-corrected chi connectivity index (χ2v) is 7.49. The number of rotatable bonds is 6. The van der Waals surface area contributed by atoms with E-state index in [2.05, 4.69) is 29.2 Å². The van der Waals surface area contributed by atoms with E-state index in [1.165, 1.54) is 5.39 Å². The molecule has 0 radical (unpaired) electrons. The first kappa shape index (κ1) is 17.9. The number of aromatic nitrogens is 1. The molecule has 2 aliphatic rings. The lowest BCUT2D eigenvalue weighted by Gasteiger charge is -2.43. The van der Waals surface area contributed by atoms with E-state index in [4.69, 9.17) is 19.6 Å². The zero-order valence-electron chi connectivity index (χ0n) is 15.4. The van der Waals surface area contributed by atoms with E-state index in [1.54, 1.807) is 0 Å². The lowest BCUT2D eigenvalue weighted by Crippen LogP contribution is -2.51. The zero-order valence-corrected chi connectivity index (χ0v) is 15.4. The van der Waals surface area contributed by atoms with Gasteiger partial charge in [0.2, 0.25) is 0 Å². The van der Waals surface area contributed by atoms with E-state index in [-0.39, 0.29) is 18.3 Å². The summed E-state index contributed by atoms with van der Waals surface area (Å²) in [6.45, 7) is 2.37. The molecule has 1 aromatic carbocycles. The molecule has 1 aliphatic heterocycles. The number of pyridine rings is 1. The van der Waals surface area contributed by atoms with Crippen molar-refractivity contribution in [3.05, 3.63) is 42.1 Å². The Hall–Kier alpha value is -1.53. The number of methoxy groups -OCH3 is 1. The summed E-state index contributed by atoms with van der Waals surface area (Å²) in [5, 5.41) is 10.2. The highest BCUT2D eigenvalue weighted by Crippen LogP contribution is 2.43. The standard InChI is InChI=1S/C21H28N2O3/c1-25-21-9-8-18(26-13-12-24)14-20(21)23(11-10-21)15-17-7-6-16-4-2-3-5-19(16)22-17/h2-7,18,20,24H,8-15H2,1H3/t18-,20+,21-/m1/s1. The molecule has 3 atom stereocenters. The van der Waals surface area contributed by atoms with Crippen molar-refractivity contribution >= 4 is 10.9 Å². The van der Waals surface area contributed by atoms with Crippen LogP contribution in [0.3, 0.4) is 0 Å². The molecule has 0 amide bonds. The highest BCUT2D eigenvalue weighted by molar-refractivity contribution is 5.78. The smallest absolute Gasteiger partial charge is 0.0847 e. The van der Waals surface area contributed by atoms with Gasteiger partial charge in [-0.3, -0.25) is 9.88 Å². The maximum Gasteiger partial charge on any atom is 0.0847 e. The van der Waals surface area contributed by atoms with Crippen molar-refractivity contribution in [3.63, 3.8) is 0 Å². The Kier molecular flexibility index (Phi) is 5.23. The van der Waals surface area contributed by atoms with Crippen LogP contribution < -0.4 is 0 Å². The minimum Gasteiger partial charge on any atom is -0.394 e. The molecule has 1 aromatic heterocycles. The number of likely N-dealkylation sites (tertiary alicyclic amines) is 1. The Balaban J connectivity index is 1.51. The summed E-state index contributed by atoms with van der Waals surface area (Å²) in [5.74, 6) is 0. The average molecular weight is 356 g/mol. The monoisotopic (exact) mass is 356 g/mol. The van der Waals surface area contributed by atoms with Crippen LogP contribution >= 0.6 is 0 Å². The third kappa shape index (κ3) is 3.37. The number of aliphatic hydroxyl groups excluding tert-OH is 1. The number of benzene rings is 1. The number of ether oxygens (including phenoxy) is 2. The normalized spacial score (nSPS) is 29.2. The van der Waals surface area contributed by atoms with Crippen molar-refractivity contribution in [1.29, 1.82) is 0 Å². The van der Waals surface area contributed by atoms with E-state index < -0.39 is 0 Å². The highest BCUT2D eigenvalue weighted by Gasteiger charge is 2.51. The molecule has 2 heterocycles. The lowest BCUT2D eigenvalue weighted by molar-refractivity contribution is -0.104. The first-order valence-electron chi connectivity index (χ1n) is 9.60. The topological polar surface area (TPSA) is 54.8 Å². The molecule has 5 heteroatoms. The number of hydrogen-bond donors (Lipinski definition) is 1. The molecule has 0 spiro atoms. The van der Waals surface area contributed by atoms with Gasteiger partial charge in [-0.25, -0.2) is 0 Å². The van der Waals surface area contributed by atoms with Crippen LogP contribution in [0.15, 0.2) is 36.4 Å². The van der Waals surface area contributed by atoms with Crippen molar-refractivity contribution in [1.82, 2.24) is 9.88 Å². The quantitative estimate of drug-likeness (QED) is 0.863. The molecular weight excluding hydrogens is 328 g/mol. The number of fused-ring (bicyclic) bond motifs is 2. The van der Waals surface area contributed by atoms with Crippen LogP contribution in [0.2, 0.25) is 0 Å². The second kappa shape index (κ2) is 7.61. The number of nitrogens with zero attached hydrogens (tertiary/aromatic N) is 2. The molecule has 5 nitrogen and oxygen atoms in total. The Morgan fingerprint density at radius 3 is 2.96 bits per heavy atom. The average Bonchev–Trinajstić information content (AvgIpc) is 3.04. The van der Waals surface area contributed by atoms with E-state index in [0.29, 0.717) is 12.6 Å². The first-order valence-corrected chi connectivity index (χ1v) is 9.60. The zero-order chi connectivity index (χ0) is 18.0. The summed E-state index contributed by atoms with van der Waals surface area (Å²) in [4.78, 5) is 7.36. The predicted molar refractivity (Wildman–Crippen MR) is 101 cm³/mol. The fraction of sp³-hybridized carbons (Fsp3) is 0.571. The predicted octanol–water partition coefficient (Wildman–Crippen LogP) is 2.76. The van der Waals surface area contributed by atoms with Gasteiger partial charge >= 0.3 is 0 Å². The third-order valence-corrected chi connectivity index (χ3v) is 6.12. The van der Waals surface area contributed by atoms with E-state index >= 15 is 0 Å². The molecule has 1 saturated carbocycles. The molecule has 2 aromatic rings. The van der Waals surface area contributed by atoms with Gasteiger partial charge < -0.3 is 14.6 Å². The minimum atomic E-state index is -0.0596. The number of aliphatic hydroxyl groups is 1. The summed E-state index contributed by atoms with van der Waals surface area (Å²) in [5.41, 5.74) is 2.10. The molecule has 0 unspecified atom stereocenters. The van der Waals surface area contributed by atoms with Crippen molar-refractivity contribution in [2.75, 3.05) is 26.9 Å². The van der Waals surface area contributed by atoms with Gasteiger partial charge in [-0.05, 0) is 37.8 Å². The van der Waals surface area contributed by atoms with Crippen molar-refractivity contribution in [3.8, 4) is 0 Å². The maximum absolute atomic E-state index is 9.05. The maximum atomic E-state index is 9.05. The van der Waals surface area contributed by atoms with Gasteiger partial charge in [0.15, 0.2) is 0 Å².